The fourth-order valence-electron chi connectivity index (χ4n) is 1.94. The first-order valence-corrected chi connectivity index (χ1v) is 8.24. The number of hydrogen-bond acceptors (Lipinski definition) is 5. The first kappa shape index (κ1) is 17.3. The molecule has 1 rings (SSSR count). The molecule has 6 nitrogen and oxygen atoms in total. The zero-order valence-electron chi connectivity index (χ0n) is 12.4. The molecule has 0 saturated heterocycles. The first-order chi connectivity index (χ1) is 9.87. The quantitative estimate of drug-likeness (QED) is 0.741. The van der Waals surface area contributed by atoms with E-state index in [2.05, 4.69) is 0 Å². The highest BCUT2D eigenvalue weighted by molar-refractivity contribution is 7.91. The molecule has 0 bridgehead atoms. The molecule has 0 heterocycles. The Kier molecular flexibility index (Phi) is 6.02. The monoisotopic (exact) mass is 316 g/mol. The summed E-state index contributed by atoms with van der Waals surface area (Å²) in [7, 11) is -0.909. The third-order valence-corrected chi connectivity index (χ3v) is 4.84. The van der Waals surface area contributed by atoms with Gasteiger partial charge in [0.2, 0.25) is 0 Å². The van der Waals surface area contributed by atoms with Crippen molar-refractivity contribution in [2.45, 2.75) is 31.1 Å². The van der Waals surface area contributed by atoms with Gasteiger partial charge in [0.1, 0.15) is 5.56 Å². The van der Waals surface area contributed by atoms with E-state index in [-0.39, 0.29) is 27.7 Å². The molecule has 1 aromatic rings. The maximum Gasteiger partial charge on any atom is 0.339 e. The molecule has 0 amide bonds. The van der Waals surface area contributed by atoms with Gasteiger partial charge in [0, 0.05) is 6.07 Å². The summed E-state index contributed by atoms with van der Waals surface area (Å²) in [5.41, 5.74) is -0.231. The van der Waals surface area contributed by atoms with Crippen LogP contribution in [0.3, 0.4) is 0 Å². The molecule has 0 atom stereocenters. The van der Waals surface area contributed by atoms with Crippen LogP contribution in [0.2, 0.25) is 0 Å². The number of benzene rings is 1. The lowest BCUT2D eigenvalue weighted by Crippen LogP contribution is -2.10. The standard InChI is InChI=1S/C14H20O6S/c1-4-5-6-7-21(17,18)10-8-11(14(15)16)13(20-3)12(9-10)19-2/h8-9H,4-7H2,1-3H3,(H,15,16). The molecule has 21 heavy (non-hydrogen) atoms. The molecule has 0 saturated carbocycles. The SMILES string of the molecule is CCCCCS(=O)(=O)c1cc(OC)c(OC)c(C(=O)O)c1. The number of carboxylic acids is 1. The van der Waals surface area contributed by atoms with E-state index < -0.39 is 15.8 Å². The number of carbonyl (C=O) groups is 1. The normalized spacial score (nSPS) is 11.2. The van der Waals surface area contributed by atoms with Crippen LogP contribution in [0.25, 0.3) is 0 Å². The summed E-state index contributed by atoms with van der Waals surface area (Å²) < 4.78 is 34.6. The van der Waals surface area contributed by atoms with Crippen LogP contribution in [-0.4, -0.2) is 39.5 Å². The molecular formula is C14H20O6S. The fraction of sp³-hybridized carbons (Fsp3) is 0.500. The maximum absolute atomic E-state index is 12.3. The summed E-state index contributed by atoms with van der Waals surface area (Å²) in [4.78, 5) is 11.2. The summed E-state index contributed by atoms with van der Waals surface area (Å²) in [5, 5.41) is 9.19. The molecule has 0 spiro atoms. The number of aromatic carboxylic acids is 1. The lowest BCUT2D eigenvalue weighted by atomic mass is 10.2. The van der Waals surface area contributed by atoms with Crippen molar-refractivity contribution in [2.75, 3.05) is 20.0 Å². The average Bonchev–Trinajstić information content (AvgIpc) is 2.45. The Bertz CT molecular complexity index is 606. The number of methoxy groups -OCH3 is 2. The minimum absolute atomic E-state index is 0.0116. The van der Waals surface area contributed by atoms with E-state index in [1.165, 1.54) is 20.3 Å². The minimum atomic E-state index is -3.55. The van der Waals surface area contributed by atoms with Crippen LogP contribution in [0.1, 0.15) is 36.5 Å². The minimum Gasteiger partial charge on any atom is -0.493 e. The molecular weight excluding hydrogens is 296 g/mol. The van der Waals surface area contributed by atoms with Gasteiger partial charge >= 0.3 is 5.97 Å². The second-order valence-electron chi connectivity index (χ2n) is 4.54. The van der Waals surface area contributed by atoms with Gasteiger partial charge in [-0.25, -0.2) is 13.2 Å². The second-order valence-corrected chi connectivity index (χ2v) is 6.65. The van der Waals surface area contributed by atoms with E-state index in [1.54, 1.807) is 0 Å². The van der Waals surface area contributed by atoms with Gasteiger partial charge in [0.25, 0.3) is 0 Å². The van der Waals surface area contributed by atoms with Gasteiger partial charge in [0.05, 0.1) is 24.9 Å². The predicted molar refractivity (Wildman–Crippen MR) is 78.1 cm³/mol. The Morgan fingerprint density at radius 2 is 1.86 bits per heavy atom. The van der Waals surface area contributed by atoms with E-state index in [1.807, 2.05) is 6.92 Å². The number of sulfone groups is 1. The smallest absolute Gasteiger partial charge is 0.339 e. The molecule has 0 aromatic heterocycles. The lowest BCUT2D eigenvalue weighted by molar-refractivity contribution is 0.0692. The Morgan fingerprint density at radius 1 is 1.19 bits per heavy atom. The molecule has 0 radical (unpaired) electrons. The van der Waals surface area contributed by atoms with Gasteiger partial charge in [0.15, 0.2) is 21.3 Å². The Balaban J connectivity index is 3.31. The van der Waals surface area contributed by atoms with Crippen LogP contribution in [-0.2, 0) is 9.84 Å². The van der Waals surface area contributed by atoms with Crippen molar-refractivity contribution < 1.29 is 27.8 Å². The van der Waals surface area contributed by atoms with Crippen LogP contribution < -0.4 is 9.47 Å². The average molecular weight is 316 g/mol. The number of hydrogen-bond donors (Lipinski definition) is 1. The molecule has 0 aliphatic carbocycles. The van der Waals surface area contributed by atoms with Crippen molar-refractivity contribution in [3.05, 3.63) is 17.7 Å². The van der Waals surface area contributed by atoms with E-state index in [0.29, 0.717) is 6.42 Å². The topological polar surface area (TPSA) is 89.9 Å². The highest BCUT2D eigenvalue weighted by Crippen LogP contribution is 2.34. The van der Waals surface area contributed by atoms with Gasteiger partial charge in [-0.05, 0) is 12.5 Å². The molecule has 0 aliphatic heterocycles. The fourth-order valence-corrected chi connectivity index (χ4v) is 3.34. The summed E-state index contributed by atoms with van der Waals surface area (Å²) in [5.74, 6) is -1.19. The number of ether oxygens (including phenoxy) is 2. The zero-order valence-corrected chi connectivity index (χ0v) is 13.2. The van der Waals surface area contributed by atoms with Crippen LogP contribution in [0.15, 0.2) is 17.0 Å². The molecule has 0 fully saturated rings. The first-order valence-electron chi connectivity index (χ1n) is 6.59. The third kappa shape index (κ3) is 4.10. The second kappa shape index (κ2) is 7.31. The van der Waals surface area contributed by atoms with Crippen LogP contribution >= 0.6 is 0 Å². The van der Waals surface area contributed by atoms with E-state index in [9.17, 15) is 18.3 Å². The largest absolute Gasteiger partial charge is 0.493 e. The molecule has 0 unspecified atom stereocenters. The highest BCUT2D eigenvalue weighted by Gasteiger charge is 2.23. The molecule has 1 N–H and O–H groups in total. The van der Waals surface area contributed by atoms with Crippen molar-refractivity contribution in [1.82, 2.24) is 0 Å². The predicted octanol–water partition coefficient (Wildman–Crippen LogP) is 2.37. The van der Waals surface area contributed by atoms with Crippen molar-refractivity contribution in [1.29, 1.82) is 0 Å². The number of carboxylic acid groups (broad SMARTS) is 1. The maximum atomic E-state index is 12.3. The van der Waals surface area contributed by atoms with E-state index in [0.717, 1.165) is 18.9 Å². The van der Waals surface area contributed by atoms with E-state index >= 15 is 0 Å². The van der Waals surface area contributed by atoms with Crippen LogP contribution in [0.5, 0.6) is 11.5 Å². The van der Waals surface area contributed by atoms with Gasteiger partial charge in [-0.1, -0.05) is 19.8 Å². The lowest BCUT2D eigenvalue weighted by Gasteiger charge is -2.13. The molecule has 0 aliphatic rings. The van der Waals surface area contributed by atoms with Gasteiger partial charge in [-0.2, -0.15) is 0 Å². The Labute approximate surface area is 124 Å². The van der Waals surface area contributed by atoms with E-state index in [4.69, 9.17) is 9.47 Å². The summed E-state index contributed by atoms with van der Waals surface area (Å²) in [6, 6.07) is 2.41. The Morgan fingerprint density at radius 3 is 2.33 bits per heavy atom. The van der Waals surface area contributed by atoms with Crippen molar-refractivity contribution in [3.63, 3.8) is 0 Å². The van der Waals surface area contributed by atoms with Crippen molar-refractivity contribution in [3.8, 4) is 11.5 Å². The number of rotatable bonds is 8. The number of unbranched alkanes of at least 4 members (excludes halogenated alkanes) is 2. The molecule has 118 valence electrons. The third-order valence-electron chi connectivity index (χ3n) is 3.06. The van der Waals surface area contributed by atoms with Crippen LogP contribution in [0, 0.1) is 0 Å². The van der Waals surface area contributed by atoms with Gasteiger partial charge in [-0.15, -0.1) is 0 Å². The molecule has 1 aromatic carbocycles. The Hall–Kier alpha value is -1.76. The molecule has 7 heteroatoms. The van der Waals surface area contributed by atoms with Crippen LogP contribution in [0.4, 0.5) is 0 Å². The summed E-state index contributed by atoms with van der Waals surface area (Å²) in [6.07, 6.45) is 2.25. The zero-order chi connectivity index (χ0) is 16.0. The van der Waals surface area contributed by atoms with Gasteiger partial charge < -0.3 is 14.6 Å². The highest BCUT2D eigenvalue weighted by atomic mass is 32.2. The summed E-state index contributed by atoms with van der Waals surface area (Å²) in [6.45, 7) is 1.98. The van der Waals surface area contributed by atoms with Crippen molar-refractivity contribution in [2.24, 2.45) is 0 Å². The van der Waals surface area contributed by atoms with Gasteiger partial charge in [-0.3, -0.25) is 0 Å². The summed E-state index contributed by atoms with van der Waals surface area (Å²) >= 11 is 0. The van der Waals surface area contributed by atoms with Crippen molar-refractivity contribution >= 4 is 15.8 Å².